The molecular formula is C8H10ClN3O. The summed E-state index contributed by atoms with van der Waals surface area (Å²) in [5.41, 5.74) is 0. The Morgan fingerprint density at radius 2 is 2.46 bits per heavy atom. The quantitative estimate of drug-likeness (QED) is 0.807. The molecule has 4 nitrogen and oxygen atoms in total. The highest BCUT2D eigenvalue weighted by Gasteiger charge is 2.29. The van der Waals surface area contributed by atoms with E-state index in [-0.39, 0.29) is 0 Å². The third-order valence-electron chi connectivity index (χ3n) is 1.81. The van der Waals surface area contributed by atoms with E-state index < -0.39 is 0 Å². The Labute approximate surface area is 81.0 Å². The second-order valence-electron chi connectivity index (χ2n) is 3.10. The molecule has 5 heteroatoms. The first-order chi connectivity index (χ1) is 6.25. The van der Waals surface area contributed by atoms with Gasteiger partial charge in [-0.25, -0.2) is 0 Å². The third-order valence-corrected chi connectivity index (χ3v) is 1.94. The van der Waals surface area contributed by atoms with Gasteiger partial charge in [0, 0.05) is 11.0 Å². The van der Waals surface area contributed by atoms with Crippen LogP contribution in [0.25, 0.3) is 0 Å². The topological polar surface area (TPSA) is 51.0 Å². The molecule has 1 fully saturated rings. The second-order valence-corrected chi connectivity index (χ2v) is 3.64. The molecule has 1 saturated carbocycles. The Morgan fingerprint density at radius 1 is 1.69 bits per heavy atom. The van der Waals surface area contributed by atoms with Crippen molar-refractivity contribution in [1.29, 1.82) is 0 Å². The molecular weight excluding hydrogens is 190 g/mol. The third kappa shape index (κ3) is 2.21. The van der Waals surface area contributed by atoms with E-state index in [0.29, 0.717) is 23.4 Å². The maximum absolute atomic E-state index is 5.57. The predicted molar refractivity (Wildman–Crippen MR) is 49.8 cm³/mol. The summed E-state index contributed by atoms with van der Waals surface area (Å²) in [4.78, 5) is 4.16. The van der Waals surface area contributed by atoms with E-state index in [1.54, 1.807) is 0 Å². The van der Waals surface area contributed by atoms with Gasteiger partial charge < -0.3 is 9.84 Å². The zero-order valence-corrected chi connectivity index (χ0v) is 7.84. The summed E-state index contributed by atoms with van der Waals surface area (Å²) < 4.78 is 5.02. The smallest absolute Gasteiger partial charge is 0.263 e. The number of nitrogens with zero attached hydrogens (tertiary/aromatic N) is 2. The second kappa shape index (κ2) is 3.38. The average molecular weight is 200 g/mol. The van der Waals surface area contributed by atoms with Crippen molar-refractivity contribution in [3.63, 3.8) is 0 Å². The van der Waals surface area contributed by atoms with Crippen LogP contribution in [0.4, 0.5) is 5.95 Å². The zero-order chi connectivity index (χ0) is 9.26. The molecule has 1 aliphatic rings. The number of aromatic nitrogens is 2. The molecule has 1 aliphatic carbocycles. The molecule has 2 rings (SSSR count). The summed E-state index contributed by atoms with van der Waals surface area (Å²) in [6.45, 7) is 4.00. The monoisotopic (exact) mass is 199 g/mol. The molecule has 1 aromatic rings. The minimum absolute atomic E-state index is 0.463. The van der Waals surface area contributed by atoms with E-state index in [0.717, 1.165) is 18.7 Å². The highest BCUT2D eigenvalue weighted by Crippen LogP contribution is 2.39. The molecule has 13 heavy (non-hydrogen) atoms. The molecule has 0 radical (unpaired) electrons. The van der Waals surface area contributed by atoms with Crippen LogP contribution in [0.2, 0.25) is 0 Å². The fourth-order valence-electron chi connectivity index (χ4n) is 0.978. The lowest BCUT2D eigenvalue weighted by atomic mass is 10.4. The first-order valence-corrected chi connectivity index (χ1v) is 4.54. The first kappa shape index (κ1) is 8.56. The molecule has 0 bridgehead atoms. The molecule has 0 unspecified atom stereocenters. The van der Waals surface area contributed by atoms with Gasteiger partial charge in [0.1, 0.15) is 0 Å². The predicted octanol–water partition coefficient (Wildman–Crippen LogP) is 2.11. The van der Waals surface area contributed by atoms with Crippen LogP contribution in [-0.4, -0.2) is 16.7 Å². The SMILES string of the molecule is C=C(Cl)CNc1noc(C2CC2)n1. The van der Waals surface area contributed by atoms with E-state index in [2.05, 4.69) is 22.0 Å². The van der Waals surface area contributed by atoms with Crippen LogP contribution in [0.15, 0.2) is 16.1 Å². The van der Waals surface area contributed by atoms with Crippen LogP contribution in [0, 0.1) is 0 Å². The molecule has 1 heterocycles. The fourth-order valence-corrected chi connectivity index (χ4v) is 1.04. The van der Waals surface area contributed by atoms with E-state index in [4.69, 9.17) is 16.1 Å². The number of hydrogen-bond donors (Lipinski definition) is 1. The van der Waals surface area contributed by atoms with Gasteiger partial charge in [0.2, 0.25) is 5.89 Å². The van der Waals surface area contributed by atoms with Crippen molar-refractivity contribution < 1.29 is 4.52 Å². The summed E-state index contributed by atoms with van der Waals surface area (Å²) in [5.74, 6) is 1.70. The van der Waals surface area contributed by atoms with Gasteiger partial charge >= 0.3 is 0 Å². The average Bonchev–Trinajstić information content (AvgIpc) is 2.83. The van der Waals surface area contributed by atoms with E-state index in [9.17, 15) is 0 Å². The van der Waals surface area contributed by atoms with Gasteiger partial charge in [-0.1, -0.05) is 18.2 Å². The van der Waals surface area contributed by atoms with E-state index >= 15 is 0 Å². The summed E-state index contributed by atoms with van der Waals surface area (Å²) in [6, 6.07) is 0. The summed E-state index contributed by atoms with van der Waals surface area (Å²) in [7, 11) is 0. The van der Waals surface area contributed by atoms with Gasteiger partial charge in [0.15, 0.2) is 0 Å². The molecule has 1 N–H and O–H groups in total. The molecule has 0 aliphatic heterocycles. The maximum atomic E-state index is 5.57. The molecule has 0 amide bonds. The lowest BCUT2D eigenvalue weighted by Crippen LogP contribution is -2.02. The molecule has 1 aromatic heterocycles. The van der Waals surface area contributed by atoms with Crippen molar-refractivity contribution in [3.8, 4) is 0 Å². The Hall–Kier alpha value is -1.03. The van der Waals surface area contributed by atoms with Gasteiger partial charge in [0.25, 0.3) is 5.95 Å². The van der Waals surface area contributed by atoms with Gasteiger partial charge in [-0.15, -0.1) is 0 Å². The number of rotatable bonds is 4. The standard InChI is InChI=1S/C8H10ClN3O/c1-5(9)4-10-8-11-7(13-12-8)6-2-3-6/h6H,1-4H2,(H,10,12). The molecule has 0 saturated heterocycles. The van der Waals surface area contributed by atoms with Crippen LogP contribution >= 0.6 is 11.6 Å². The van der Waals surface area contributed by atoms with Crippen LogP contribution in [0.1, 0.15) is 24.7 Å². The maximum Gasteiger partial charge on any atom is 0.263 e. The van der Waals surface area contributed by atoms with Crippen molar-refractivity contribution >= 4 is 17.5 Å². The van der Waals surface area contributed by atoms with E-state index in [1.807, 2.05) is 0 Å². The highest BCUT2D eigenvalue weighted by atomic mass is 35.5. The van der Waals surface area contributed by atoms with Crippen LogP contribution in [-0.2, 0) is 0 Å². The normalized spacial score (nSPS) is 15.8. The van der Waals surface area contributed by atoms with Crippen molar-refractivity contribution in [2.45, 2.75) is 18.8 Å². The Kier molecular flexibility index (Phi) is 2.22. The van der Waals surface area contributed by atoms with Crippen molar-refractivity contribution in [1.82, 2.24) is 10.1 Å². The van der Waals surface area contributed by atoms with Crippen LogP contribution < -0.4 is 5.32 Å². The Balaban J connectivity index is 1.92. The minimum Gasteiger partial charge on any atom is -0.347 e. The molecule has 70 valence electrons. The van der Waals surface area contributed by atoms with Gasteiger partial charge in [-0.05, 0) is 18.0 Å². The fraction of sp³-hybridized carbons (Fsp3) is 0.500. The van der Waals surface area contributed by atoms with Crippen molar-refractivity contribution in [2.24, 2.45) is 0 Å². The largest absolute Gasteiger partial charge is 0.347 e. The lowest BCUT2D eigenvalue weighted by Gasteiger charge is -1.95. The van der Waals surface area contributed by atoms with Crippen LogP contribution in [0.3, 0.4) is 0 Å². The van der Waals surface area contributed by atoms with Gasteiger partial charge in [-0.2, -0.15) is 4.98 Å². The Morgan fingerprint density at radius 3 is 3.08 bits per heavy atom. The number of halogens is 1. The van der Waals surface area contributed by atoms with Crippen LogP contribution in [0.5, 0.6) is 0 Å². The molecule has 0 atom stereocenters. The van der Waals surface area contributed by atoms with Crippen molar-refractivity contribution in [2.75, 3.05) is 11.9 Å². The summed E-state index contributed by atoms with van der Waals surface area (Å²) in [5, 5.41) is 7.18. The van der Waals surface area contributed by atoms with Crippen molar-refractivity contribution in [3.05, 3.63) is 17.5 Å². The number of anilines is 1. The van der Waals surface area contributed by atoms with Gasteiger partial charge in [-0.3, -0.25) is 0 Å². The number of nitrogens with one attached hydrogen (secondary N) is 1. The summed E-state index contributed by atoms with van der Waals surface area (Å²) >= 11 is 5.57. The highest BCUT2D eigenvalue weighted by molar-refractivity contribution is 6.29. The first-order valence-electron chi connectivity index (χ1n) is 4.16. The molecule has 0 spiro atoms. The Bertz CT molecular complexity index is 319. The van der Waals surface area contributed by atoms with E-state index in [1.165, 1.54) is 0 Å². The minimum atomic E-state index is 0.463. The number of hydrogen-bond acceptors (Lipinski definition) is 4. The van der Waals surface area contributed by atoms with Gasteiger partial charge in [0.05, 0.1) is 6.54 Å². The molecule has 0 aromatic carbocycles. The lowest BCUT2D eigenvalue weighted by molar-refractivity contribution is 0.380. The zero-order valence-electron chi connectivity index (χ0n) is 7.09. The summed E-state index contributed by atoms with van der Waals surface area (Å²) in [6.07, 6.45) is 2.31.